The molecule has 0 fully saturated rings. The molecule has 2 aromatic rings. The first kappa shape index (κ1) is 15.0. The van der Waals surface area contributed by atoms with Crippen molar-refractivity contribution in [3.8, 4) is 17.6 Å². The van der Waals surface area contributed by atoms with E-state index >= 15 is 0 Å². The van der Waals surface area contributed by atoms with E-state index in [0.717, 1.165) is 17.0 Å². The van der Waals surface area contributed by atoms with Crippen LogP contribution < -0.4 is 14.8 Å². The van der Waals surface area contributed by atoms with E-state index in [9.17, 15) is 5.26 Å². The normalized spacial score (nSPS) is 11.3. The SMILES string of the molecule is COc1cccc(NC(C#N)c2ccc(OC)c(Cl)c2)c1. The number of rotatable bonds is 5. The predicted molar refractivity (Wildman–Crippen MR) is 83.0 cm³/mol. The summed E-state index contributed by atoms with van der Waals surface area (Å²) < 4.78 is 10.3. The molecule has 0 radical (unpaired) electrons. The highest BCUT2D eigenvalue weighted by Crippen LogP contribution is 2.29. The molecule has 0 aliphatic heterocycles. The highest BCUT2D eigenvalue weighted by molar-refractivity contribution is 6.32. The van der Waals surface area contributed by atoms with Gasteiger partial charge in [0.05, 0.1) is 25.3 Å². The monoisotopic (exact) mass is 302 g/mol. The number of ether oxygens (including phenoxy) is 2. The lowest BCUT2D eigenvalue weighted by Gasteiger charge is -2.15. The van der Waals surface area contributed by atoms with Crippen LogP contribution in [0.4, 0.5) is 5.69 Å². The molecule has 0 aliphatic rings. The lowest BCUT2D eigenvalue weighted by Crippen LogP contribution is -2.08. The van der Waals surface area contributed by atoms with Crippen LogP contribution in [0, 0.1) is 11.3 Å². The van der Waals surface area contributed by atoms with Gasteiger partial charge in [-0.15, -0.1) is 0 Å². The number of methoxy groups -OCH3 is 2. The number of nitriles is 1. The fraction of sp³-hybridized carbons (Fsp3) is 0.188. The maximum absolute atomic E-state index is 9.37. The van der Waals surface area contributed by atoms with Crippen LogP contribution >= 0.6 is 11.6 Å². The molecule has 0 bridgehead atoms. The molecule has 1 unspecified atom stereocenters. The summed E-state index contributed by atoms with van der Waals surface area (Å²) >= 11 is 6.10. The zero-order valence-corrected chi connectivity index (χ0v) is 12.5. The molecule has 0 saturated heterocycles. The Balaban J connectivity index is 2.23. The van der Waals surface area contributed by atoms with Gasteiger partial charge in [0, 0.05) is 11.8 Å². The van der Waals surface area contributed by atoms with Crippen molar-refractivity contribution >= 4 is 17.3 Å². The Morgan fingerprint density at radius 3 is 2.57 bits per heavy atom. The first-order valence-corrected chi connectivity index (χ1v) is 6.69. The van der Waals surface area contributed by atoms with Gasteiger partial charge in [-0.1, -0.05) is 23.7 Å². The lowest BCUT2D eigenvalue weighted by atomic mass is 10.1. The third kappa shape index (κ3) is 3.59. The number of hydrogen-bond acceptors (Lipinski definition) is 4. The maximum atomic E-state index is 9.37. The smallest absolute Gasteiger partial charge is 0.140 e. The molecule has 0 heterocycles. The summed E-state index contributed by atoms with van der Waals surface area (Å²) in [5.74, 6) is 1.31. The summed E-state index contributed by atoms with van der Waals surface area (Å²) in [6.07, 6.45) is 0. The number of halogens is 1. The van der Waals surface area contributed by atoms with Crippen LogP contribution in [0.5, 0.6) is 11.5 Å². The Kier molecular flexibility index (Phi) is 4.91. The Bertz CT molecular complexity index is 668. The van der Waals surface area contributed by atoms with Crippen LogP contribution in [-0.4, -0.2) is 14.2 Å². The second kappa shape index (κ2) is 6.87. The van der Waals surface area contributed by atoms with Gasteiger partial charge < -0.3 is 14.8 Å². The van der Waals surface area contributed by atoms with Crippen molar-refractivity contribution in [2.75, 3.05) is 19.5 Å². The second-order valence-corrected chi connectivity index (χ2v) is 4.74. The topological polar surface area (TPSA) is 54.3 Å². The average Bonchev–Trinajstić information content (AvgIpc) is 2.52. The summed E-state index contributed by atoms with van der Waals surface area (Å²) in [5.41, 5.74) is 1.57. The van der Waals surface area contributed by atoms with Crippen LogP contribution in [0.15, 0.2) is 42.5 Å². The minimum Gasteiger partial charge on any atom is -0.497 e. The predicted octanol–water partition coefficient (Wildman–Crippen LogP) is 4.03. The van der Waals surface area contributed by atoms with Crippen molar-refractivity contribution in [2.45, 2.75) is 6.04 Å². The van der Waals surface area contributed by atoms with Crippen LogP contribution in [0.2, 0.25) is 5.02 Å². The summed E-state index contributed by atoms with van der Waals surface area (Å²) in [4.78, 5) is 0. The Hall–Kier alpha value is -2.38. The van der Waals surface area contributed by atoms with Gasteiger partial charge in [-0.2, -0.15) is 5.26 Å². The molecule has 108 valence electrons. The number of nitrogens with zero attached hydrogens (tertiary/aromatic N) is 1. The fourth-order valence-electron chi connectivity index (χ4n) is 1.93. The van der Waals surface area contributed by atoms with Gasteiger partial charge >= 0.3 is 0 Å². The molecule has 2 aromatic carbocycles. The van der Waals surface area contributed by atoms with Gasteiger partial charge in [0.1, 0.15) is 17.5 Å². The minimum absolute atomic E-state index is 0.475. The van der Waals surface area contributed by atoms with E-state index in [1.165, 1.54) is 0 Å². The number of hydrogen-bond donors (Lipinski definition) is 1. The number of benzene rings is 2. The molecule has 1 N–H and O–H groups in total. The van der Waals surface area contributed by atoms with Crippen molar-refractivity contribution < 1.29 is 9.47 Å². The van der Waals surface area contributed by atoms with Crippen molar-refractivity contribution in [3.63, 3.8) is 0 Å². The molecule has 0 aliphatic carbocycles. The van der Waals surface area contributed by atoms with E-state index in [1.54, 1.807) is 26.4 Å². The number of anilines is 1. The quantitative estimate of drug-likeness (QED) is 0.906. The standard InChI is InChI=1S/C16H15ClN2O2/c1-20-13-5-3-4-12(9-13)19-15(10-18)11-6-7-16(21-2)14(17)8-11/h3-9,15,19H,1-2H3. The first-order chi connectivity index (χ1) is 10.2. The van der Waals surface area contributed by atoms with Crippen molar-refractivity contribution in [1.82, 2.24) is 0 Å². The largest absolute Gasteiger partial charge is 0.497 e. The van der Waals surface area contributed by atoms with Gasteiger partial charge in [0.2, 0.25) is 0 Å². The fourth-order valence-corrected chi connectivity index (χ4v) is 2.20. The van der Waals surface area contributed by atoms with Crippen LogP contribution in [-0.2, 0) is 0 Å². The Morgan fingerprint density at radius 1 is 1.14 bits per heavy atom. The highest BCUT2D eigenvalue weighted by Gasteiger charge is 2.13. The van der Waals surface area contributed by atoms with E-state index in [2.05, 4.69) is 11.4 Å². The van der Waals surface area contributed by atoms with Gasteiger partial charge in [-0.3, -0.25) is 0 Å². The summed E-state index contributed by atoms with van der Waals surface area (Å²) in [7, 11) is 3.15. The molecule has 4 nitrogen and oxygen atoms in total. The van der Waals surface area contributed by atoms with E-state index in [-0.39, 0.29) is 0 Å². The molecule has 5 heteroatoms. The molecule has 1 atom stereocenters. The van der Waals surface area contributed by atoms with Crippen molar-refractivity contribution in [3.05, 3.63) is 53.1 Å². The molecular weight excluding hydrogens is 288 g/mol. The third-order valence-electron chi connectivity index (χ3n) is 3.02. The zero-order valence-electron chi connectivity index (χ0n) is 11.8. The molecular formula is C16H15ClN2O2. The van der Waals surface area contributed by atoms with E-state index in [0.29, 0.717) is 10.8 Å². The molecule has 2 rings (SSSR count). The highest BCUT2D eigenvalue weighted by atomic mass is 35.5. The molecule has 0 amide bonds. The lowest BCUT2D eigenvalue weighted by molar-refractivity contribution is 0.415. The first-order valence-electron chi connectivity index (χ1n) is 6.31. The van der Waals surface area contributed by atoms with E-state index in [4.69, 9.17) is 21.1 Å². The Morgan fingerprint density at radius 2 is 1.95 bits per heavy atom. The summed E-state index contributed by atoms with van der Waals surface area (Å²) in [6.45, 7) is 0. The second-order valence-electron chi connectivity index (χ2n) is 4.33. The van der Waals surface area contributed by atoms with Crippen LogP contribution in [0.25, 0.3) is 0 Å². The van der Waals surface area contributed by atoms with Gasteiger partial charge in [0.15, 0.2) is 0 Å². The molecule has 21 heavy (non-hydrogen) atoms. The van der Waals surface area contributed by atoms with E-state index < -0.39 is 6.04 Å². The van der Waals surface area contributed by atoms with Crippen LogP contribution in [0.1, 0.15) is 11.6 Å². The van der Waals surface area contributed by atoms with Gasteiger partial charge in [0.25, 0.3) is 0 Å². The van der Waals surface area contributed by atoms with E-state index in [1.807, 2.05) is 30.3 Å². The molecule has 0 saturated carbocycles. The van der Waals surface area contributed by atoms with Gasteiger partial charge in [-0.25, -0.2) is 0 Å². The Labute approximate surface area is 128 Å². The molecule has 0 spiro atoms. The average molecular weight is 303 g/mol. The van der Waals surface area contributed by atoms with Crippen molar-refractivity contribution in [1.29, 1.82) is 5.26 Å². The summed E-state index contributed by atoms with van der Waals surface area (Å²) in [5, 5.41) is 13.0. The maximum Gasteiger partial charge on any atom is 0.140 e. The van der Waals surface area contributed by atoms with Crippen molar-refractivity contribution in [2.24, 2.45) is 0 Å². The third-order valence-corrected chi connectivity index (χ3v) is 3.31. The zero-order chi connectivity index (χ0) is 15.2. The van der Waals surface area contributed by atoms with Gasteiger partial charge in [-0.05, 0) is 29.8 Å². The number of nitrogens with one attached hydrogen (secondary N) is 1. The summed E-state index contributed by atoms with van der Waals surface area (Å²) in [6, 6.07) is 14.4. The van der Waals surface area contributed by atoms with Crippen LogP contribution in [0.3, 0.4) is 0 Å². The minimum atomic E-state index is -0.513. The molecule has 0 aromatic heterocycles.